The number of nitro benzene ring substituents is 1. The molecule has 0 saturated heterocycles. The van der Waals surface area contributed by atoms with E-state index in [-0.39, 0.29) is 16.4 Å². The highest BCUT2D eigenvalue weighted by Crippen LogP contribution is 2.26. The van der Waals surface area contributed by atoms with Crippen LogP contribution in [-0.4, -0.2) is 23.4 Å². The standard InChI is InChI=1S/C18H17ClN2O5/c1-2-14(12-6-4-3-5-7-12)18(23)26-11-17(22)20-16-10-13(21(24)25)8-9-15(16)19/h3-10,14H,2,11H2,1H3,(H,20,22)/t14-/m0/s1. The van der Waals surface area contributed by atoms with Crippen LogP contribution < -0.4 is 5.32 Å². The normalized spacial score (nSPS) is 11.5. The van der Waals surface area contributed by atoms with Crippen LogP contribution in [0.15, 0.2) is 48.5 Å². The van der Waals surface area contributed by atoms with Crippen LogP contribution in [0.25, 0.3) is 0 Å². The lowest BCUT2D eigenvalue weighted by Gasteiger charge is -2.14. The highest BCUT2D eigenvalue weighted by atomic mass is 35.5. The summed E-state index contributed by atoms with van der Waals surface area (Å²) in [6.07, 6.45) is 0.529. The smallest absolute Gasteiger partial charge is 0.313 e. The number of nitro groups is 1. The molecule has 0 heterocycles. The molecule has 7 nitrogen and oxygen atoms in total. The van der Waals surface area contributed by atoms with Gasteiger partial charge in [0.2, 0.25) is 0 Å². The molecule has 0 bridgehead atoms. The van der Waals surface area contributed by atoms with Gasteiger partial charge in [-0.05, 0) is 18.1 Å². The fraction of sp³-hybridized carbons (Fsp3) is 0.222. The number of esters is 1. The van der Waals surface area contributed by atoms with E-state index in [1.165, 1.54) is 12.1 Å². The monoisotopic (exact) mass is 376 g/mol. The summed E-state index contributed by atoms with van der Waals surface area (Å²) in [5, 5.41) is 13.3. The third-order valence-corrected chi connectivity index (χ3v) is 4.00. The predicted octanol–water partition coefficient (Wildman–Crippen LogP) is 3.92. The quantitative estimate of drug-likeness (QED) is 0.448. The molecular formula is C18H17ClN2O5. The van der Waals surface area contributed by atoms with Gasteiger partial charge in [0.15, 0.2) is 6.61 Å². The van der Waals surface area contributed by atoms with E-state index in [9.17, 15) is 19.7 Å². The third kappa shape index (κ3) is 5.03. The summed E-state index contributed by atoms with van der Waals surface area (Å²) in [6, 6.07) is 12.8. The van der Waals surface area contributed by atoms with E-state index in [4.69, 9.17) is 16.3 Å². The van der Waals surface area contributed by atoms with Crippen LogP contribution >= 0.6 is 11.6 Å². The number of carbonyl (C=O) groups excluding carboxylic acids is 2. The largest absolute Gasteiger partial charge is 0.455 e. The summed E-state index contributed by atoms with van der Waals surface area (Å²) >= 11 is 5.92. The number of nitrogens with one attached hydrogen (secondary N) is 1. The summed E-state index contributed by atoms with van der Waals surface area (Å²) in [6.45, 7) is 1.34. The van der Waals surface area contributed by atoms with E-state index in [1.807, 2.05) is 37.3 Å². The van der Waals surface area contributed by atoms with Gasteiger partial charge in [0, 0.05) is 12.1 Å². The SMILES string of the molecule is CC[C@H](C(=O)OCC(=O)Nc1cc([N+](=O)[O-])ccc1Cl)c1ccccc1. The van der Waals surface area contributed by atoms with Crippen LogP contribution in [0.5, 0.6) is 0 Å². The molecule has 1 atom stereocenters. The van der Waals surface area contributed by atoms with E-state index in [0.29, 0.717) is 6.42 Å². The van der Waals surface area contributed by atoms with Crippen LogP contribution in [0.2, 0.25) is 5.02 Å². The number of hydrogen-bond acceptors (Lipinski definition) is 5. The minimum Gasteiger partial charge on any atom is -0.455 e. The Labute approximate surface area is 155 Å². The van der Waals surface area contributed by atoms with Gasteiger partial charge in [-0.2, -0.15) is 0 Å². The molecule has 0 aliphatic carbocycles. The summed E-state index contributed by atoms with van der Waals surface area (Å²) in [7, 11) is 0. The lowest BCUT2D eigenvalue weighted by atomic mass is 9.97. The molecule has 0 aliphatic rings. The molecule has 0 spiro atoms. The Bertz CT molecular complexity index is 810. The van der Waals surface area contributed by atoms with Crippen molar-refractivity contribution in [1.29, 1.82) is 0 Å². The van der Waals surface area contributed by atoms with Gasteiger partial charge < -0.3 is 10.1 Å². The van der Waals surface area contributed by atoms with E-state index in [0.717, 1.165) is 11.6 Å². The number of hydrogen-bond donors (Lipinski definition) is 1. The first-order valence-corrected chi connectivity index (χ1v) is 8.25. The maximum absolute atomic E-state index is 12.2. The molecule has 0 aliphatic heterocycles. The van der Waals surface area contributed by atoms with E-state index in [1.54, 1.807) is 0 Å². The second-order valence-electron chi connectivity index (χ2n) is 5.45. The summed E-state index contributed by atoms with van der Waals surface area (Å²) in [5.74, 6) is -1.62. The number of halogens is 1. The first kappa shape index (κ1) is 19.4. The highest BCUT2D eigenvalue weighted by molar-refractivity contribution is 6.33. The molecule has 2 aromatic rings. The zero-order chi connectivity index (χ0) is 19.1. The Morgan fingerprint density at radius 2 is 1.92 bits per heavy atom. The maximum atomic E-state index is 12.2. The number of nitrogens with zero attached hydrogens (tertiary/aromatic N) is 1. The van der Waals surface area contributed by atoms with Crippen molar-refractivity contribution in [3.63, 3.8) is 0 Å². The van der Waals surface area contributed by atoms with Gasteiger partial charge in [-0.15, -0.1) is 0 Å². The molecule has 2 rings (SSSR count). The molecule has 0 radical (unpaired) electrons. The van der Waals surface area contributed by atoms with E-state index in [2.05, 4.69) is 5.32 Å². The fourth-order valence-corrected chi connectivity index (χ4v) is 2.53. The zero-order valence-corrected chi connectivity index (χ0v) is 14.7. The number of ether oxygens (including phenoxy) is 1. The number of amides is 1. The lowest BCUT2D eigenvalue weighted by Crippen LogP contribution is -2.24. The molecule has 2 aromatic carbocycles. The van der Waals surface area contributed by atoms with E-state index < -0.39 is 29.3 Å². The van der Waals surface area contributed by atoms with Gasteiger partial charge in [0.05, 0.1) is 21.6 Å². The van der Waals surface area contributed by atoms with Crippen molar-refractivity contribution in [3.8, 4) is 0 Å². The average Bonchev–Trinajstić information content (AvgIpc) is 2.63. The maximum Gasteiger partial charge on any atom is 0.313 e. The van der Waals surface area contributed by atoms with Crippen molar-refractivity contribution in [2.24, 2.45) is 0 Å². The Kier molecular flexibility index (Phi) is 6.68. The van der Waals surface area contributed by atoms with Crippen LogP contribution in [-0.2, 0) is 14.3 Å². The molecule has 8 heteroatoms. The predicted molar refractivity (Wildman–Crippen MR) is 97.2 cm³/mol. The minimum absolute atomic E-state index is 0.0806. The molecule has 1 N–H and O–H groups in total. The van der Waals surface area contributed by atoms with Crippen LogP contribution in [0.3, 0.4) is 0 Å². The van der Waals surface area contributed by atoms with Crippen LogP contribution in [0, 0.1) is 10.1 Å². The molecule has 0 aromatic heterocycles. The van der Waals surface area contributed by atoms with Gasteiger partial charge in [-0.3, -0.25) is 19.7 Å². The number of rotatable bonds is 7. The Hall–Kier alpha value is -2.93. The topological polar surface area (TPSA) is 98.5 Å². The van der Waals surface area contributed by atoms with Gasteiger partial charge in [0.1, 0.15) is 0 Å². The summed E-state index contributed by atoms with van der Waals surface area (Å²) < 4.78 is 5.07. The molecule has 0 saturated carbocycles. The van der Waals surface area contributed by atoms with Gasteiger partial charge in [0.25, 0.3) is 11.6 Å². The van der Waals surface area contributed by atoms with Crippen molar-refractivity contribution in [2.75, 3.05) is 11.9 Å². The van der Waals surface area contributed by atoms with Crippen molar-refractivity contribution in [1.82, 2.24) is 0 Å². The van der Waals surface area contributed by atoms with Crippen molar-refractivity contribution >= 4 is 34.9 Å². The van der Waals surface area contributed by atoms with Crippen LogP contribution in [0.4, 0.5) is 11.4 Å². The summed E-state index contributed by atoms with van der Waals surface area (Å²) in [4.78, 5) is 34.4. The van der Waals surface area contributed by atoms with Crippen LogP contribution in [0.1, 0.15) is 24.8 Å². The Morgan fingerprint density at radius 1 is 1.23 bits per heavy atom. The lowest BCUT2D eigenvalue weighted by molar-refractivity contribution is -0.384. The molecule has 136 valence electrons. The second kappa shape index (κ2) is 8.96. The minimum atomic E-state index is -0.635. The third-order valence-electron chi connectivity index (χ3n) is 3.68. The molecular weight excluding hydrogens is 360 g/mol. The summed E-state index contributed by atoms with van der Waals surface area (Å²) in [5.41, 5.74) is 0.677. The molecule has 0 fully saturated rings. The first-order chi connectivity index (χ1) is 12.4. The van der Waals surface area contributed by atoms with Gasteiger partial charge in [-0.1, -0.05) is 48.9 Å². The van der Waals surface area contributed by atoms with Gasteiger partial charge >= 0.3 is 5.97 Å². The number of anilines is 1. The first-order valence-electron chi connectivity index (χ1n) is 7.87. The van der Waals surface area contributed by atoms with Crippen molar-refractivity contribution < 1.29 is 19.2 Å². The number of benzene rings is 2. The molecule has 1 amide bonds. The fourth-order valence-electron chi connectivity index (χ4n) is 2.37. The Balaban J connectivity index is 1.97. The molecule has 26 heavy (non-hydrogen) atoms. The van der Waals surface area contributed by atoms with Gasteiger partial charge in [-0.25, -0.2) is 0 Å². The zero-order valence-electron chi connectivity index (χ0n) is 14.0. The molecule has 0 unspecified atom stereocenters. The number of non-ortho nitro benzene ring substituents is 1. The van der Waals surface area contributed by atoms with Crippen molar-refractivity contribution in [2.45, 2.75) is 19.3 Å². The highest BCUT2D eigenvalue weighted by Gasteiger charge is 2.21. The Morgan fingerprint density at radius 3 is 2.54 bits per heavy atom. The second-order valence-corrected chi connectivity index (χ2v) is 5.86. The van der Waals surface area contributed by atoms with Crippen molar-refractivity contribution in [3.05, 3.63) is 69.2 Å². The average molecular weight is 377 g/mol. The number of carbonyl (C=O) groups is 2. The van der Waals surface area contributed by atoms with E-state index >= 15 is 0 Å².